The van der Waals surface area contributed by atoms with Gasteiger partial charge in [-0.05, 0) is 37.1 Å². The van der Waals surface area contributed by atoms with Gasteiger partial charge in [-0.2, -0.15) is 8.42 Å². The Morgan fingerprint density at radius 3 is 2.37 bits per heavy atom. The predicted octanol–water partition coefficient (Wildman–Crippen LogP) is 0.836. The fourth-order valence-electron chi connectivity index (χ4n) is 1.71. The Balaban J connectivity index is 2.43. The zero-order valence-corrected chi connectivity index (χ0v) is 11.6. The Hall–Kier alpha value is -2.09. The van der Waals surface area contributed by atoms with Crippen molar-refractivity contribution in [2.24, 2.45) is 0 Å². The molecule has 2 rings (SSSR count). The number of methoxy groups -OCH3 is 1. The van der Waals surface area contributed by atoms with Crippen LogP contribution in [0.3, 0.4) is 0 Å². The van der Waals surface area contributed by atoms with Gasteiger partial charge in [0.2, 0.25) is 0 Å². The van der Waals surface area contributed by atoms with E-state index in [0.717, 1.165) is 5.56 Å². The highest BCUT2D eigenvalue weighted by Crippen LogP contribution is 2.25. The minimum Gasteiger partial charge on any atom is -0.496 e. The molecule has 7 nitrogen and oxygen atoms in total. The summed E-state index contributed by atoms with van der Waals surface area (Å²) in [5, 5.41) is 7.07. The number of hydrogen-bond donors (Lipinski definition) is 1. The number of aryl methyl sites for hydroxylation is 2. The number of sulfonamides is 1. The van der Waals surface area contributed by atoms with Crippen LogP contribution in [0.2, 0.25) is 0 Å². The molecule has 0 atom stereocenters. The number of nitrogens with zero attached hydrogens (tertiary/aromatic N) is 3. The van der Waals surface area contributed by atoms with Crippen LogP contribution in [-0.2, 0) is 10.0 Å². The molecule has 19 heavy (non-hydrogen) atoms. The first-order valence-electron chi connectivity index (χ1n) is 5.47. The van der Waals surface area contributed by atoms with E-state index < -0.39 is 10.0 Å². The number of rotatable bonds is 4. The summed E-state index contributed by atoms with van der Waals surface area (Å²) in [5.74, 6) is 0.653. The minimum absolute atomic E-state index is 0.194. The van der Waals surface area contributed by atoms with Crippen LogP contribution in [0.25, 0.3) is 0 Å². The van der Waals surface area contributed by atoms with Crippen LogP contribution in [0.15, 0.2) is 29.7 Å². The first-order chi connectivity index (χ1) is 8.94. The molecule has 0 fully saturated rings. The lowest BCUT2D eigenvalue weighted by molar-refractivity contribution is 0.411. The predicted molar refractivity (Wildman–Crippen MR) is 69.0 cm³/mol. The Labute approximate surface area is 111 Å². The summed E-state index contributed by atoms with van der Waals surface area (Å²) in [4.78, 5) is 2.54. The van der Waals surface area contributed by atoms with Gasteiger partial charge in [0.25, 0.3) is 10.0 Å². The average molecular weight is 282 g/mol. The zero-order chi connectivity index (χ0) is 14.0. The third kappa shape index (κ3) is 2.68. The molecule has 0 spiro atoms. The SMILES string of the molecule is COc1cc(C)c(S(=O)(=O)Nn2cnnc2)cc1C. The summed E-state index contributed by atoms with van der Waals surface area (Å²) in [6.45, 7) is 3.50. The molecule has 0 radical (unpaired) electrons. The van der Waals surface area contributed by atoms with Gasteiger partial charge in [-0.1, -0.05) is 0 Å². The van der Waals surface area contributed by atoms with E-state index >= 15 is 0 Å². The van der Waals surface area contributed by atoms with Gasteiger partial charge in [0.1, 0.15) is 18.4 Å². The van der Waals surface area contributed by atoms with Gasteiger partial charge in [0, 0.05) is 0 Å². The summed E-state index contributed by atoms with van der Waals surface area (Å²) in [5.41, 5.74) is 1.35. The van der Waals surface area contributed by atoms with Crippen LogP contribution in [0, 0.1) is 13.8 Å². The van der Waals surface area contributed by atoms with Crippen LogP contribution < -0.4 is 9.57 Å². The molecule has 0 saturated carbocycles. The highest BCUT2D eigenvalue weighted by atomic mass is 32.2. The lowest BCUT2D eigenvalue weighted by Gasteiger charge is -2.13. The van der Waals surface area contributed by atoms with E-state index in [9.17, 15) is 8.42 Å². The van der Waals surface area contributed by atoms with Gasteiger partial charge < -0.3 is 4.74 Å². The van der Waals surface area contributed by atoms with Gasteiger partial charge in [0.15, 0.2) is 0 Å². The molecule has 0 aliphatic rings. The summed E-state index contributed by atoms with van der Waals surface area (Å²) in [6.07, 6.45) is 2.53. The lowest BCUT2D eigenvalue weighted by atomic mass is 10.1. The molecule has 1 heterocycles. The first kappa shape index (κ1) is 13.3. The van der Waals surface area contributed by atoms with E-state index in [1.165, 1.54) is 17.3 Å². The molecule has 0 aliphatic carbocycles. The van der Waals surface area contributed by atoms with E-state index in [1.54, 1.807) is 33.1 Å². The molecule has 1 N–H and O–H groups in total. The van der Waals surface area contributed by atoms with Crippen LogP contribution in [0.4, 0.5) is 0 Å². The fourth-order valence-corrected chi connectivity index (χ4v) is 2.99. The second-order valence-corrected chi connectivity index (χ2v) is 5.68. The average Bonchev–Trinajstić information content (AvgIpc) is 2.83. The highest BCUT2D eigenvalue weighted by Gasteiger charge is 2.19. The van der Waals surface area contributed by atoms with E-state index in [-0.39, 0.29) is 4.90 Å². The summed E-state index contributed by atoms with van der Waals surface area (Å²) in [6, 6.07) is 3.26. The number of hydrogen-bond acceptors (Lipinski definition) is 5. The maximum absolute atomic E-state index is 12.2. The molecule has 102 valence electrons. The highest BCUT2D eigenvalue weighted by molar-refractivity contribution is 7.92. The molecule has 0 bridgehead atoms. The zero-order valence-electron chi connectivity index (χ0n) is 10.8. The smallest absolute Gasteiger partial charge is 0.275 e. The molecule has 0 unspecified atom stereocenters. The summed E-state index contributed by atoms with van der Waals surface area (Å²) >= 11 is 0. The molecule has 1 aromatic carbocycles. The molecule has 2 aromatic rings. The summed E-state index contributed by atoms with van der Waals surface area (Å²) in [7, 11) is -2.14. The Morgan fingerprint density at radius 2 is 1.79 bits per heavy atom. The maximum Gasteiger partial charge on any atom is 0.275 e. The maximum atomic E-state index is 12.2. The molecular formula is C11H14N4O3S. The number of ether oxygens (including phenoxy) is 1. The Morgan fingerprint density at radius 1 is 1.16 bits per heavy atom. The number of benzene rings is 1. The van der Waals surface area contributed by atoms with Gasteiger partial charge in [0.05, 0.1) is 12.0 Å². The standard InChI is InChI=1S/C11H14N4O3S/c1-8-5-11(9(2)4-10(8)18-3)19(16,17)14-15-6-12-13-7-15/h4-7,14H,1-3H3. The van der Waals surface area contributed by atoms with Crippen molar-refractivity contribution in [1.29, 1.82) is 0 Å². The van der Waals surface area contributed by atoms with E-state index in [4.69, 9.17) is 4.74 Å². The minimum atomic E-state index is -3.68. The molecular weight excluding hydrogens is 268 g/mol. The van der Waals surface area contributed by atoms with Gasteiger partial charge in [-0.25, -0.2) is 9.51 Å². The van der Waals surface area contributed by atoms with Crippen LogP contribution in [-0.4, -0.2) is 30.4 Å². The molecule has 0 saturated heterocycles. The molecule has 8 heteroatoms. The third-order valence-electron chi connectivity index (χ3n) is 2.63. The van der Waals surface area contributed by atoms with Gasteiger partial charge in [-0.15, -0.1) is 10.2 Å². The Kier molecular flexibility index (Phi) is 3.43. The van der Waals surface area contributed by atoms with Gasteiger partial charge >= 0.3 is 0 Å². The summed E-state index contributed by atoms with van der Waals surface area (Å²) < 4.78 is 30.8. The van der Waals surface area contributed by atoms with E-state index in [2.05, 4.69) is 15.0 Å². The van der Waals surface area contributed by atoms with Crippen LogP contribution in [0.5, 0.6) is 5.75 Å². The van der Waals surface area contributed by atoms with E-state index in [0.29, 0.717) is 11.3 Å². The first-order valence-corrected chi connectivity index (χ1v) is 6.95. The molecule has 1 aromatic heterocycles. The normalized spacial score (nSPS) is 11.3. The van der Waals surface area contributed by atoms with Crippen molar-refractivity contribution in [3.63, 3.8) is 0 Å². The monoisotopic (exact) mass is 282 g/mol. The van der Waals surface area contributed by atoms with Crippen molar-refractivity contribution >= 4 is 10.0 Å². The van der Waals surface area contributed by atoms with E-state index in [1.807, 2.05) is 0 Å². The van der Waals surface area contributed by atoms with Crippen molar-refractivity contribution in [2.75, 3.05) is 11.9 Å². The largest absolute Gasteiger partial charge is 0.496 e. The molecule has 0 amide bonds. The second kappa shape index (κ2) is 4.88. The fraction of sp³-hybridized carbons (Fsp3) is 0.273. The van der Waals surface area contributed by atoms with Crippen molar-refractivity contribution in [3.05, 3.63) is 35.9 Å². The second-order valence-electron chi connectivity index (χ2n) is 4.05. The van der Waals surface area contributed by atoms with Crippen LogP contribution >= 0.6 is 0 Å². The lowest BCUT2D eigenvalue weighted by Crippen LogP contribution is -2.22. The molecule has 0 aliphatic heterocycles. The third-order valence-corrected chi connectivity index (χ3v) is 4.10. The number of nitrogens with one attached hydrogen (secondary N) is 1. The quantitative estimate of drug-likeness (QED) is 0.898. The van der Waals surface area contributed by atoms with Crippen molar-refractivity contribution in [3.8, 4) is 5.75 Å². The number of aromatic nitrogens is 3. The Bertz CT molecular complexity index is 680. The van der Waals surface area contributed by atoms with Crippen molar-refractivity contribution in [1.82, 2.24) is 14.9 Å². The van der Waals surface area contributed by atoms with Crippen LogP contribution in [0.1, 0.15) is 11.1 Å². The van der Waals surface area contributed by atoms with Gasteiger partial charge in [-0.3, -0.25) is 0 Å². The topological polar surface area (TPSA) is 86.1 Å². The van der Waals surface area contributed by atoms with Crippen molar-refractivity contribution in [2.45, 2.75) is 18.7 Å². The van der Waals surface area contributed by atoms with Crippen molar-refractivity contribution < 1.29 is 13.2 Å².